The van der Waals surface area contributed by atoms with Crippen molar-refractivity contribution >= 4 is 11.9 Å². The number of aliphatic hydroxyl groups is 1. The molecule has 0 amide bonds. The van der Waals surface area contributed by atoms with Crippen LogP contribution >= 0.6 is 0 Å². The van der Waals surface area contributed by atoms with Crippen molar-refractivity contribution in [2.45, 2.75) is 148 Å². The van der Waals surface area contributed by atoms with Gasteiger partial charge >= 0.3 is 11.9 Å². The fourth-order valence-electron chi connectivity index (χ4n) is 4.40. The molecule has 0 spiro atoms. The average molecular weight is 613 g/mol. The van der Waals surface area contributed by atoms with Gasteiger partial charge in [0.2, 0.25) is 0 Å². The summed E-state index contributed by atoms with van der Waals surface area (Å²) < 4.78 is 10.5. The Bertz CT molecular complexity index is 833. The SMILES string of the molecule is CC/C=C/C/C=C/C/C=C/CCCCCCCC(=O)OC[C@H](CO)OC(=O)CCCCCCC/C=C/C/C=C/C/C=C/CC. The first-order chi connectivity index (χ1) is 21.6. The fraction of sp³-hybridized carbons (Fsp3) is 0.641. The molecule has 0 aliphatic heterocycles. The minimum atomic E-state index is -0.790. The topological polar surface area (TPSA) is 72.8 Å². The minimum Gasteiger partial charge on any atom is -0.462 e. The van der Waals surface area contributed by atoms with Gasteiger partial charge in [-0.15, -0.1) is 0 Å². The third kappa shape index (κ3) is 32.3. The van der Waals surface area contributed by atoms with E-state index in [0.717, 1.165) is 109 Å². The van der Waals surface area contributed by atoms with E-state index in [9.17, 15) is 14.7 Å². The number of rotatable bonds is 30. The molecule has 44 heavy (non-hydrogen) atoms. The number of aliphatic hydroxyl groups excluding tert-OH is 1. The first-order valence-corrected chi connectivity index (χ1v) is 17.5. The molecule has 1 atom stereocenters. The Morgan fingerprint density at radius 3 is 1.36 bits per heavy atom. The predicted molar refractivity (Wildman–Crippen MR) is 186 cm³/mol. The van der Waals surface area contributed by atoms with Crippen LogP contribution in [0.2, 0.25) is 0 Å². The first kappa shape index (κ1) is 41.3. The zero-order chi connectivity index (χ0) is 32.2. The van der Waals surface area contributed by atoms with Gasteiger partial charge in [0.1, 0.15) is 6.61 Å². The maximum Gasteiger partial charge on any atom is 0.306 e. The molecule has 5 heteroatoms. The predicted octanol–water partition coefficient (Wildman–Crippen LogP) is 10.6. The van der Waals surface area contributed by atoms with E-state index in [0.29, 0.717) is 12.8 Å². The summed E-state index contributed by atoms with van der Waals surface area (Å²) in [6, 6.07) is 0. The van der Waals surface area contributed by atoms with Gasteiger partial charge < -0.3 is 14.6 Å². The molecular weight excluding hydrogens is 548 g/mol. The van der Waals surface area contributed by atoms with E-state index < -0.39 is 6.10 Å². The van der Waals surface area contributed by atoms with Crippen molar-refractivity contribution in [2.75, 3.05) is 13.2 Å². The van der Waals surface area contributed by atoms with E-state index in [-0.39, 0.29) is 25.2 Å². The van der Waals surface area contributed by atoms with Crippen LogP contribution in [-0.4, -0.2) is 36.4 Å². The highest BCUT2D eigenvalue weighted by Crippen LogP contribution is 2.11. The maximum atomic E-state index is 12.1. The fourth-order valence-corrected chi connectivity index (χ4v) is 4.40. The van der Waals surface area contributed by atoms with E-state index in [4.69, 9.17) is 9.47 Å². The Morgan fingerprint density at radius 1 is 0.523 bits per heavy atom. The molecule has 0 saturated heterocycles. The Balaban J connectivity index is 3.67. The Labute approximate surface area is 270 Å². The molecular formula is C39H64O5. The summed E-state index contributed by atoms with van der Waals surface area (Å²) >= 11 is 0. The summed E-state index contributed by atoms with van der Waals surface area (Å²) in [6.45, 7) is 3.86. The van der Waals surface area contributed by atoms with Crippen LogP contribution < -0.4 is 0 Å². The number of esters is 2. The quantitative estimate of drug-likeness (QED) is 0.0496. The highest BCUT2D eigenvalue weighted by atomic mass is 16.6. The molecule has 0 heterocycles. The third-order valence-corrected chi connectivity index (χ3v) is 7.00. The molecule has 250 valence electrons. The Morgan fingerprint density at radius 2 is 0.909 bits per heavy atom. The average Bonchev–Trinajstić information content (AvgIpc) is 3.02. The van der Waals surface area contributed by atoms with Crippen molar-refractivity contribution in [1.82, 2.24) is 0 Å². The third-order valence-electron chi connectivity index (χ3n) is 7.00. The number of carbonyl (C=O) groups excluding carboxylic acids is 2. The van der Waals surface area contributed by atoms with E-state index in [1.54, 1.807) is 0 Å². The number of hydrogen-bond acceptors (Lipinski definition) is 5. The molecule has 0 unspecified atom stereocenters. The summed E-state index contributed by atoms with van der Waals surface area (Å²) in [4.78, 5) is 24.2. The van der Waals surface area contributed by atoms with Gasteiger partial charge in [0.05, 0.1) is 6.61 Å². The second kappa shape index (κ2) is 34.8. The number of carbonyl (C=O) groups is 2. The summed E-state index contributed by atoms with van der Waals surface area (Å²) in [5, 5.41) is 9.52. The maximum absolute atomic E-state index is 12.1. The van der Waals surface area contributed by atoms with Crippen LogP contribution in [-0.2, 0) is 19.1 Å². The summed E-state index contributed by atoms with van der Waals surface area (Å²) in [5.74, 6) is -0.640. The van der Waals surface area contributed by atoms with Crippen molar-refractivity contribution in [3.05, 3.63) is 72.9 Å². The van der Waals surface area contributed by atoms with Crippen LogP contribution in [0.25, 0.3) is 0 Å². The molecule has 5 nitrogen and oxygen atoms in total. The van der Waals surface area contributed by atoms with Crippen molar-refractivity contribution in [2.24, 2.45) is 0 Å². The molecule has 0 rings (SSSR count). The van der Waals surface area contributed by atoms with Crippen LogP contribution in [0.3, 0.4) is 0 Å². The van der Waals surface area contributed by atoms with Gasteiger partial charge in [-0.25, -0.2) is 0 Å². The highest BCUT2D eigenvalue weighted by molar-refractivity contribution is 5.70. The summed E-state index contributed by atoms with van der Waals surface area (Å²) in [6.07, 6.45) is 45.2. The second-order valence-electron chi connectivity index (χ2n) is 11.2. The molecule has 0 saturated carbocycles. The molecule has 0 radical (unpaired) electrons. The van der Waals surface area contributed by atoms with Crippen molar-refractivity contribution in [3.8, 4) is 0 Å². The zero-order valence-corrected chi connectivity index (χ0v) is 28.1. The lowest BCUT2D eigenvalue weighted by atomic mass is 10.1. The zero-order valence-electron chi connectivity index (χ0n) is 28.1. The van der Waals surface area contributed by atoms with E-state index >= 15 is 0 Å². The number of hydrogen-bond donors (Lipinski definition) is 1. The lowest BCUT2D eigenvalue weighted by molar-refractivity contribution is -0.161. The highest BCUT2D eigenvalue weighted by Gasteiger charge is 2.16. The molecule has 0 aromatic rings. The largest absolute Gasteiger partial charge is 0.462 e. The minimum absolute atomic E-state index is 0.0861. The first-order valence-electron chi connectivity index (χ1n) is 17.5. The molecule has 0 aromatic heterocycles. The molecule has 0 aliphatic carbocycles. The van der Waals surface area contributed by atoms with Crippen LogP contribution in [0.15, 0.2) is 72.9 Å². The lowest BCUT2D eigenvalue weighted by Crippen LogP contribution is -2.28. The van der Waals surface area contributed by atoms with E-state index in [2.05, 4.69) is 86.8 Å². The Kier molecular flexibility index (Phi) is 32.7. The van der Waals surface area contributed by atoms with Gasteiger partial charge in [-0.1, -0.05) is 125 Å². The normalized spacial score (nSPS) is 13.1. The smallest absolute Gasteiger partial charge is 0.306 e. The van der Waals surface area contributed by atoms with Crippen molar-refractivity contribution < 1.29 is 24.2 Å². The number of ether oxygens (including phenoxy) is 2. The molecule has 1 N–H and O–H groups in total. The summed E-state index contributed by atoms with van der Waals surface area (Å²) in [5.41, 5.74) is 0. The molecule has 0 bridgehead atoms. The van der Waals surface area contributed by atoms with Crippen LogP contribution in [0.5, 0.6) is 0 Å². The van der Waals surface area contributed by atoms with Crippen LogP contribution in [0, 0.1) is 0 Å². The van der Waals surface area contributed by atoms with Crippen molar-refractivity contribution in [3.63, 3.8) is 0 Å². The van der Waals surface area contributed by atoms with Gasteiger partial charge in [-0.05, 0) is 77.0 Å². The van der Waals surface area contributed by atoms with Gasteiger partial charge in [-0.3, -0.25) is 9.59 Å². The monoisotopic (exact) mass is 612 g/mol. The lowest BCUT2D eigenvalue weighted by Gasteiger charge is -2.15. The molecule has 0 aliphatic rings. The number of unbranched alkanes of at least 4 members (excludes halogenated alkanes) is 10. The number of allylic oxidation sites excluding steroid dienone is 12. The second-order valence-corrected chi connectivity index (χ2v) is 11.2. The van der Waals surface area contributed by atoms with E-state index in [1.165, 1.54) is 6.42 Å². The standard InChI is InChI=1S/C39H64O5/c1-3-5-7-9-11-13-15-17-19-21-23-25-27-29-31-33-38(41)43-36-37(35-40)44-39(42)34-32-30-28-26-24-22-20-18-16-14-12-10-8-6-4-2/h5-8,11-14,17-20,37,40H,3-4,9-10,15-16,21-36H2,1-2H3/b7-5+,8-6+,13-11+,14-12+,19-17+,20-18+/t37-/m0/s1. The van der Waals surface area contributed by atoms with Gasteiger partial charge in [-0.2, -0.15) is 0 Å². The Hall–Kier alpha value is -2.66. The van der Waals surface area contributed by atoms with Crippen LogP contribution in [0.4, 0.5) is 0 Å². The van der Waals surface area contributed by atoms with Gasteiger partial charge in [0.15, 0.2) is 6.10 Å². The molecule has 0 fully saturated rings. The van der Waals surface area contributed by atoms with Gasteiger partial charge in [0.25, 0.3) is 0 Å². The molecule has 0 aromatic carbocycles. The van der Waals surface area contributed by atoms with Crippen molar-refractivity contribution in [1.29, 1.82) is 0 Å². The van der Waals surface area contributed by atoms with Crippen LogP contribution in [0.1, 0.15) is 142 Å². The van der Waals surface area contributed by atoms with E-state index in [1.807, 2.05) is 0 Å². The van der Waals surface area contributed by atoms with Gasteiger partial charge in [0, 0.05) is 12.8 Å². The summed E-state index contributed by atoms with van der Waals surface area (Å²) in [7, 11) is 0.